The largest absolute Gasteiger partial charge is 0.439 e. The van der Waals surface area contributed by atoms with E-state index in [0.29, 0.717) is 18.1 Å². The Labute approximate surface area is 213 Å². The van der Waals surface area contributed by atoms with E-state index in [4.69, 9.17) is 4.74 Å². The number of benzene rings is 1. The number of hydrogen-bond donors (Lipinski definition) is 1. The van der Waals surface area contributed by atoms with Crippen molar-refractivity contribution in [3.05, 3.63) is 83.3 Å². The molecule has 5 nitrogen and oxygen atoms in total. The molecule has 0 saturated heterocycles. The van der Waals surface area contributed by atoms with Gasteiger partial charge >= 0.3 is 6.18 Å². The van der Waals surface area contributed by atoms with Gasteiger partial charge in [0.25, 0.3) is 0 Å². The Morgan fingerprint density at radius 1 is 1.03 bits per heavy atom. The van der Waals surface area contributed by atoms with Gasteiger partial charge in [0.1, 0.15) is 5.75 Å². The number of alkyl halides is 3. The van der Waals surface area contributed by atoms with E-state index in [-0.39, 0.29) is 17.7 Å². The standard InChI is InChI=1S/C29H28F3N3O2/c1-18(21-5-3-7-25(15-21)37-27-13-10-23(16-34-27)29(30,31)32)20-4-2-6-22(14-20)28(36)35-24-11-12-26(33-17-24)19-8-9-19/h3,5,7,10-13,15-17,19,22H,2,4,6,8-9,14H2,1H3,(H,35,36)/b20-18+. The zero-order valence-corrected chi connectivity index (χ0v) is 20.5. The molecule has 2 fully saturated rings. The molecule has 192 valence electrons. The number of nitrogens with zero attached hydrogens (tertiary/aromatic N) is 2. The summed E-state index contributed by atoms with van der Waals surface area (Å²) in [6, 6.07) is 13.5. The third-order valence-corrected chi connectivity index (χ3v) is 7.03. The molecule has 2 aliphatic rings. The molecule has 8 heteroatoms. The van der Waals surface area contributed by atoms with Crippen LogP contribution in [0.2, 0.25) is 0 Å². The molecule has 1 unspecified atom stereocenters. The summed E-state index contributed by atoms with van der Waals surface area (Å²) in [5.41, 5.74) is 4.25. The van der Waals surface area contributed by atoms with Crippen LogP contribution in [-0.4, -0.2) is 15.9 Å². The average molecular weight is 508 g/mol. The number of halogens is 3. The van der Waals surface area contributed by atoms with Crippen molar-refractivity contribution in [3.8, 4) is 11.6 Å². The third-order valence-electron chi connectivity index (χ3n) is 7.03. The first-order valence-electron chi connectivity index (χ1n) is 12.5. The van der Waals surface area contributed by atoms with Crippen LogP contribution in [0.5, 0.6) is 11.6 Å². The highest BCUT2D eigenvalue weighted by atomic mass is 19.4. The minimum Gasteiger partial charge on any atom is -0.439 e. The molecular formula is C29H28F3N3O2. The molecule has 1 amide bonds. The summed E-state index contributed by atoms with van der Waals surface area (Å²) in [7, 11) is 0. The summed E-state index contributed by atoms with van der Waals surface area (Å²) in [5.74, 6) is 1.05. The Balaban J connectivity index is 1.25. The molecule has 37 heavy (non-hydrogen) atoms. The second kappa shape index (κ2) is 10.4. The molecule has 1 atom stereocenters. The van der Waals surface area contributed by atoms with Gasteiger partial charge in [-0.05, 0) is 86.9 Å². The normalized spacial score (nSPS) is 19.3. The second-order valence-electron chi connectivity index (χ2n) is 9.77. The summed E-state index contributed by atoms with van der Waals surface area (Å²) in [5, 5.41) is 3.03. The molecule has 0 bridgehead atoms. The Morgan fingerprint density at radius 2 is 1.86 bits per heavy atom. The summed E-state index contributed by atoms with van der Waals surface area (Å²) in [6.45, 7) is 2.03. The fourth-order valence-corrected chi connectivity index (χ4v) is 4.70. The van der Waals surface area contributed by atoms with Crippen molar-refractivity contribution in [2.45, 2.75) is 57.5 Å². The number of anilines is 1. The van der Waals surface area contributed by atoms with Crippen LogP contribution in [0.4, 0.5) is 18.9 Å². The zero-order chi connectivity index (χ0) is 26.0. The van der Waals surface area contributed by atoms with Gasteiger partial charge in [0.05, 0.1) is 17.4 Å². The lowest BCUT2D eigenvalue weighted by molar-refractivity contribution is -0.137. The van der Waals surface area contributed by atoms with Crippen LogP contribution in [-0.2, 0) is 11.0 Å². The molecule has 2 aromatic heterocycles. The molecule has 2 heterocycles. The van der Waals surface area contributed by atoms with Gasteiger partial charge in [-0.2, -0.15) is 13.2 Å². The lowest BCUT2D eigenvalue weighted by atomic mass is 9.81. The predicted molar refractivity (Wildman–Crippen MR) is 135 cm³/mol. The molecule has 0 aliphatic heterocycles. The highest BCUT2D eigenvalue weighted by molar-refractivity contribution is 5.93. The van der Waals surface area contributed by atoms with E-state index in [9.17, 15) is 18.0 Å². The van der Waals surface area contributed by atoms with E-state index < -0.39 is 11.7 Å². The third kappa shape index (κ3) is 6.18. The van der Waals surface area contributed by atoms with E-state index in [0.717, 1.165) is 54.0 Å². The van der Waals surface area contributed by atoms with Crippen molar-refractivity contribution in [2.75, 3.05) is 5.32 Å². The summed E-state index contributed by atoms with van der Waals surface area (Å²) >= 11 is 0. The number of carbonyl (C=O) groups excluding carboxylic acids is 1. The number of carbonyl (C=O) groups is 1. The smallest absolute Gasteiger partial charge is 0.417 e. The highest BCUT2D eigenvalue weighted by Gasteiger charge is 2.31. The van der Waals surface area contributed by atoms with Crippen molar-refractivity contribution < 1.29 is 22.7 Å². The van der Waals surface area contributed by atoms with Crippen molar-refractivity contribution in [3.63, 3.8) is 0 Å². The van der Waals surface area contributed by atoms with Crippen molar-refractivity contribution >= 4 is 17.2 Å². The monoisotopic (exact) mass is 507 g/mol. The molecule has 2 aliphatic carbocycles. The van der Waals surface area contributed by atoms with E-state index in [1.165, 1.54) is 24.5 Å². The number of hydrogen-bond acceptors (Lipinski definition) is 4. The van der Waals surface area contributed by atoms with Crippen molar-refractivity contribution in [1.82, 2.24) is 9.97 Å². The summed E-state index contributed by atoms with van der Waals surface area (Å²) < 4.78 is 44.0. The fraction of sp³-hybridized carbons (Fsp3) is 0.345. The number of pyridine rings is 2. The van der Waals surface area contributed by atoms with Crippen molar-refractivity contribution in [1.29, 1.82) is 0 Å². The number of ether oxygens (including phenoxy) is 1. The lowest BCUT2D eigenvalue weighted by Gasteiger charge is -2.25. The summed E-state index contributed by atoms with van der Waals surface area (Å²) in [6.07, 6.45) is 3.79. The van der Waals surface area contributed by atoms with Gasteiger partial charge < -0.3 is 10.1 Å². The number of nitrogens with one attached hydrogen (secondary N) is 1. The van der Waals surface area contributed by atoms with E-state index in [1.54, 1.807) is 12.3 Å². The molecule has 0 spiro atoms. The maximum absolute atomic E-state index is 13.0. The van der Waals surface area contributed by atoms with Gasteiger partial charge in [0.2, 0.25) is 11.8 Å². The maximum atomic E-state index is 13.0. The van der Waals surface area contributed by atoms with Crippen LogP contribution in [0.15, 0.2) is 66.5 Å². The Kier molecular flexibility index (Phi) is 7.00. The van der Waals surface area contributed by atoms with E-state index >= 15 is 0 Å². The number of amides is 1. The fourth-order valence-electron chi connectivity index (χ4n) is 4.70. The van der Waals surface area contributed by atoms with Gasteiger partial charge in [-0.25, -0.2) is 4.98 Å². The van der Waals surface area contributed by atoms with Crippen LogP contribution in [0.1, 0.15) is 68.2 Å². The Morgan fingerprint density at radius 3 is 2.54 bits per heavy atom. The predicted octanol–water partition coefficient (Wildman–Crippen LogP) is 7.77. The van der Waals surface area contributed by atoms with Crippen LogP contribution in [0, 0.1) is 5.92 Å². The van der Waals surface area contributed by atoms with E-state index in [1.807, 2.05) is 37.3 Å². The SMILES string of the molecule is C/C(=C1/CCCC(C(=O)Nc2ccc(C3CC3)nc2)C1)c1cccc(Oc2ccc(C(F)(F)F)cn2)c1. The van der Waals surface area contributed by atoms with Gasteiger partial charge in [-0.15, -0.1) is 0 Å². The van der Waals surface area contributed by atoms with E-state index in [2.05, 4.69) is 15.3 Å². The molecule has 3 aromatic rings. The number of allylic oxidation sites excluding steroid dienone is 2. The molecule has 0 radical (unpaired) electrons. The number of rotatable bonds is 6. The maximum Gasteiger partial charge on any atom is 0.417 e. The van der Waals surface area contributed by atoms with Crippen LogP contribution < -0.4 is 10.1 Å². The molecule has 2 saturated carbocycles. The number of aromatic nitrogens is 2. The van der Waals surface area contributed by atoms with Crippen LogP contribution in [0.25, 0.3) is 5.57 Å². The van der Waals surface area contributed by atoms with Gasteiger partial charge in [-0.3, -0.25) is 9.78 Å². The topological polar surface area (TPSA) is 64.1 Å². The molecular weight excluding hydrogens is 479 g/mol. The van der Waals surface area contributed by atoms with Gasteiger partial charge in [0.15, 0.2) is 0 Å². The Bertz CT molecular complexity index is 1300. The molecule has 1 N–H and O–H groups in total. The van der Waals surface area contributed by atoms with Crippen molar-refractivity contribution in [2.24, 2.45) is 5.92 Å². The van der Waals surface area contributed by atoms with Crippen LogP contribution >= 0.6 is 0 Å². The quantitative estimate of drug-likeness (QED) is 0.370. The first-order valence-corrected chi connectivity index (χ1v) is 12.5. The second-order valence-corrected chi connectivity index (χ2v) is 9.77. The minimum atomic E-state index is -4.44. The van der Waals surface area contributed by atoms with Gasteiger partial charge in [-0.1, -0.05) is 17.7 Å². The minimum absolute atomic E-state index is 0.0106. The summed E-state index contributed by atoms with van der Waals surface area (Å²) in [4.78, 5) is 21.3. The van der Waals surface area contributed by atoms with Crippen LogP contribution in [0.3, 0.4) is 0 Å². The molecule has 5 rings (SSSR count). The first-order chi connectivity index (χ1) is 17.8. The first kappa shape index (κ1) is 25.0. The highest BCUT2D eigenvalue weighted by Crippen LogP contribution is 2.39. The lowest BCUT2D eigenvalue weighted by Crippen LogP contribution is -2.25. The molecule has 1 aromatic carbocycles. The average Bonchev–Trinajstić information content (AvgIpc) is 3.74. The Hall–Kier alpha value is -3.68. The van der Waals surface area contributed by atoms with Gasteiger partial charge in [0, 0.05) is 29.8 Å². The zero-order valence-electron chi connectivity index (χ0n) is 20.5.